The van der Waals surface area contributed by atoms with Gasteiger partial charge >= 0.3 is 0 Å². The highest BCUT2D eigenvalue weighted by atomic mass is 16.7. The largest absolute Gasteiger partial charge is 0.493 e. The molecule has 2 fully saturated rings. The van der Waals surface area contributed by atoms with Crippen molar-refractivity contribution in [2.24, 2.45) is 11.8 Å². The summed E-state index contributed by atoms with van der Waals surface area (Å²) in [5.41, 5.74) is 1.95. The van der Waals surface area contributed by atoms with Crippen LogP contribution >= 0.6 is 0 Å². The molecule has 0 aromatic carbocycles. The highest BCUT2D eigenvalue weighted by Gasteiger charge is 2.57. The molecule has 0 bridgehead atoms. The van der Waals surface area contributed by atoms with Crippen LogP contribution in [0, 0.1) is 11.8 Å². The van der Waals surface area contributed by atoms with Crippen molar-refractivity contribution in [3.63, 3.8) is 0 Å². The second kappa shape index (κ2) is 4.40. The molecule has 1 N–H and O–H groups in total. The molecule has 1 saturated heterocycles. The maximum absolute atomic E-state index is 10.0. The van der Waals surface area contributed by atoms with Gasteiger partial charge < -0.3 is 14.6 Å². The average molecular weight is 290 g/mol. The lowest BCUT2D eigenvalue weighted by Crippen LogP contribution is -2.55. The summed E-state index contributed by atoms with van der Waals surface area (Å²) in [6.07, 6.45) is 5.22. The first kappa shape index (κ1) is 13.5. The van der Waals surface area contributed by atoms with Crippen LogP contribution in [0.15, 0.2) is 6.33 Å². The van der Waals surface area contributed by atoms with E-state index in [1.165, 1.54) is 6.33 Å². The monoisotopic (exact) mass is 290 g/mol. The van der Waals surface area contributed by atoms with Crippen molar-refractivity contribution in [3.05, 3.63) is 17.6 Å². The Labute approximate surface area is 124 Å². The SMILES string of the molecule is C[C@H]1[C@@H]2CCc3c(O)ncnc3[C@@]2(C)CCC12OCCO2. The van der Waals surface area contributed by atoms with Crippen LogP contribution in [0.5, 0.6) is 5.88 Å². The van der Waals surface area contributed by atoms with Gasteiger partial charge in [-0.3, -0.25) is 0 Å². The third-order valence-electron chi connectivity index (χ3n) is 6.05. The molecule has 21 heavy (non-hydrogen) atoms. The van der Waals surface area contributed by atoms with Crippen molar-refractivity contribution in [2.45, 2.75) is 50.7 Å². The second-order valence-corrected chi connectivity index (χ2v) is 6.88. The predicted octanol–water partition coefficient (Wildman–Crippen LogP) is 2.18. The van der Waals surface area contributed by atoms with Gasteiger partial charge in [0.1, 0.15) is 6.33 Å². The maximum atomic E-state index is 10.0. The normalized spacial score (nSPS) is 37.2. The first-order valence-electron chi connectivity index (χ1n) is 7.88. The molecule has 0 unspecified atom stereocenters. The lowest BCUT2D eigenvalue weighted by molar-refractivity contribution is -0.234. The Morgan fingerprint density at radius 1 is 1.24 bits per heavy atom. The summed E-state index contributed by atoms with van der Waals surface area (Å²) in [4.78, 5) is 8.48. The molecule has 114 valence electrons. The van der Waals surface area contributed by atoms with Crippen molar-refractivity contribution in [3.8, 4) is 5.88 Å². The van der Waals surface area contributed by atoms with E-state index in [9.17, 15) is 5.11 Å². The Morgan fingerprint density at radius 3 is 2.76 bits per heavy atom. The molecule has 2 heterocycles. The topological polar surface area (TPSA) is 64.5 Å². The summed E-state index contributed by atoms with van der Waals surface area (Å²) in [5.74, 6) is 0.563. The molecule has 3 aliphatic rings. The summed E-state index contributed by atoms with van der Waals surface area (Å²) in [7, 11) is 0. The third-order valence-corrected chi connectivity index (χ3v) is 6.05. The van der Waals surface area contributed by atoms with Crippen LogP contribution < -0.4 is 0 Å². The number of rotatable bonds is 0. The Hall–Kier alpha value is -1.20. The molecular weight excluding hydrogens is 268 g/mol. The third kappa shape index (κ3) is 1.70. The van der Waals surface area contributed by atoms with Crippen LogP contribution in [0.4, 0.5) is 0 Å². The van der Waals surface area contributed by atoms with E-state index in [0.717, 1.165) is 36.9 Å². The van der Waals surface area contributed by atoms with Gasteiger partial charge in [0.15, 0.2) is 5.79 Å². The standard InChI is InChI=1S/C16H22N2O3/c1-10-12-4-3-11-13(17-9-18-14(11)19)15(12,2)5-6-16(10)20-7-8-21-16/h9-10,12H,3-8H2,1-2H3,(H,17,18,19)/t10-,12-,15-/m0/s1. The van der Waals surface area contributed by atoms with Gasteiger partial charge in [0.2, 0.25) is 5.88 Å². The van der Waals surface area contributed by atoms with E-state index in [2.05, 4.69) is 23.8 Å². The molecule has 0 amide bonds. The number of fused-ring (bicyclic) bond motifs is 3. The first-order valence-corrected chi connectivity index (χ1v) is 7.88. The van der Waals surface area contributed by atoms with Gasteiger partial charge in [-0.1, -0.05) is 13.8 Å². The molecule has 1 saturated carbocycles. The van der Waals surface area contributed by atoms with Crippen molar-refractivity contribution in [1.29, 1.82) is 0 Å². The summed E-state index contributed by atoms with van der Waals surface area (Å²) in [6.45, 7) is 5.93. The Bertz CT molecular complexity index is 571. The van der Waals surface area contributed by atoms with E-state index in [-0.39, 0.29) is 11.3 Å². The van der Waals surface area contributed by atoms with Crippen LogP contribution in [0.25, 0.3) is 0 Å². The highest BCUT2D eigenvalue weighted by molar-refractivity contribution is 5.38. The number of aromatic nitrogens is 2. The number of nitrogens with zero attached hydrogens (tertiary/aromatic N) is 2. The Morgan fingerprint density at radius 2 is 2.00 bits per heavy atom. The quantitative estimate of drug-likeness (QED) is 0.793. The van der Waals surface area contributed by atoms with Crippen molar-refractivity contribution in [2.75, 3.05) is 13.2 Å². The lowest BCUT2D eigenvalue weighted by atomic mass is 9.55. The molecule has 5 heteroatoms. The van der Waals surface area contributed by atoms with Gasteiger partial charge in [0.05, 0.1) is 18.9 Å². The zero-order valence-electron chi connectivity index (χ0n) is 12.6. The fraction of sp³-hybridized carbons (Fsp3) is 0.750. The molecule has 1 aromatic heterocycles. The molecule has 1 aromatic rings. The summed E-state index contributed by atoms with van der Waals surface area (Å²) < 4.78 is 12.0. The minimum Gasteiger partial charge on any atom is -0.493 e. The Kier molecular flexibility index (Phi) is 2.82. The van der Waals surface area contributed by atoms with Gasteiger partial charge in [-0.25, -0.2) is 9.97 Å². The fourth-order valence-electron chi connectivity index (χ4n) is 4.87. The molecule has 0 radical (unpaired) electrons. The molecule has 1 aliphatic heterocycles. The minimum absolute atomic E-state index is 0.0199. The van der Waals surface area contributed by atoms with Crippen molar-refractivity contribution < 1.29 is 14.6 Å². The molecule has 4 rings (SSSR count). The fourth-order valence-corrected chi connectivity index (χ4v) is 4.87. The zero-order chi connectivity index (χ0) is 14.7. The van der Waals surface area contributed by atoms with Gasteiger partial charge in [-0.15, -0.1) is 0 Å². The number of hydrogen-bond acceptors (Lipinski definition) is 5. The average Bonchev–Trinajstić information content (AvgIpc) is 2.95. The van der Waals surface area contributed by atoms with E-state index in [4.69, 9.17) is 9.47 Å². The second-order valence-electron chi connectivity index (χ2n) is 6.88. The summed E-state index contributed by atoms with van der Waals surface area (Å²) in [6, 6.07) is 0. The summed E-state index contributed by atoms with van der Waals surface area (Å²) >= 11 is 0. The van der Waals surface area contributed by atoms with Crippen LogP contribution in [0.3, 0.4) is 0 Å². The predicted molar refractivity (Wildman–Crippen MR) is 75.9 cm³/mol. The smallest absolute Gasteiger partial charge is 0.217 e. The van der Waals surface area contributed by atoms with Crippen LogP contribution in [-0.4, -0.2) is 34.1 Å². The first-order chi connectivity index (χ1) is 10.1. The molecular formula is C16H22N2O3. The Balaban J connectivity index is 1.76. The lowest BCUT2D eigenvalue weighted by Gasteiger charge is -2.54. The molecule has 2 aliphatic carbocycles. The van der Waals surface area contributed by atoms with E-state index < -0.39 is 5.79 Å². The highest BCUT2D eigenvalue weighted by Crippen LogP contribution is 2.56. The van der Waals surface area contributed by atoms with Gasteiger partial charge in [-0.2, -0.15) is 0 Å². The maximum Gasteiger partial charge on any atom is 0.217 e. The van der Waals surface area contributed by atoms with E-state index in [1.807, 2.05) is 0 Å². The van der Waals surface area contributed by atoms with Gasteiger partial charge in [0.25, 0.3) is 0 Å². The van der Waals surface area contributed by atoms with Crippen LogP contribution in [0.1, 0.15) is 44.4 Å². The van der Waals surface area contributed by atoms with E-state index >= 15 is 0 Å². The number of hydrogen-bond donors (Lipinski definition) is 1. The van der Waals surface area contributed by atoms with E-state index in [1.54, 1.807) is 0 Å². The van der Waals surface area contributed by atoms with Gasteiger partial charge in [0, 0.05) is 23.3 Å². The molecule has 1 spiro atoms. The molecule has 3 atom stereocenters. The van der Waals surface area contributed by atoms with E-state index in [0.29, 0.717) is 25.0 Å². The molecule has 5 nitrogen and oxygen atoms in total. The number of ether oxygens (including phenoxy) is 2. The summed E-state index contributed by atoms with van der Waals surface area (Å²) in [5, 5.41) is 10.0. The van der Waals surface area contributed by atoms with Crippen molar-refractivity contribution >= 4 is 0 Å². The van der Waals surface area contributed by atoms with Crippen LogP contribution in [-0.2, 0) is 21.3 Å². The van der Waals surface area contributed by atoms with Crippen molar-refractivity contribution in [1.82, 2.24) is 9.97 Å². The number of aromatic hydroxyl groups is 1. The van der Waals surface area contributed by atoms with Crippen LogP contribution in [0.2, 0.25) is 0 Å². The van der Waals surface area contributed by atoms with Gasteiger partial charge in [-0.05, 0) is 25.2 Å². The zero-order valence-corrected chi connectivity index (χ0v) is 12.6. The minimum atomic E-state index is -0.392.